The number of carbonyl (C=O) groups is 1. The molecule has 0 aliphatic carbocycles. The van der Waals surface area contributed by atoms with E-state index < -0.39 is 0 Å². The van der Waals surface area contributed by atoms with E-state index in [4.69, 9.17) is 4.74 Å². The summed E-state index contributed by atoms with van der Waals surface area (Å²) in [5.41, 5.74) is 0.543. The van der Waals surface area contributed by atoms with E-state index in [0.29, 0.717) is 24.9 Å². The Labute approximate surface area is 125 Å². The largest absolute Gasteiger partial charge is 0.375 e. The summed E-state index contributed by atoms with van der Waals surface area (Å²) in [6.45, 7) is 7.26. The van der Waals surface area contributed by atoms with E-state index in [1.54, 1.807) is 0 Å². The molecule has 2 aliphatic rings. The maximum atomic E-state index is 12.6. The Balaban J connectivity index is 1.71. The molecule has 1 N–H and O–H groups in total. The fourth-order valence-corrected chi connectivity index (χ4v) is 3.05. The molecule has 2 aliphatic heterocycles. The second-order valence-electron chi connectivity index (χ2n) is 6.13. The summed E-state index contributed by atoms with van der Waals surface area (Å²) in [5.74, 6) is 0.0140. The van der Waals surface area contributed by atoms with Crippen molar-refractivity contribution in [2.75, 3.05) is 26.2 Å². The third kappa shape index (κ3) is 3.11. The first-order chi connectivity index (χ1) is 10.1. The van der Waals surface area contributed by atoms with Gasteiger partial charge in [-0.3, -0.25) is 9.48 Å². The standard InChI is InChI=1S/C15H24N4O2/c1-11-10-21-12(2)9-18(11)15(20)14-5-7-19(17-14)13-4-3-6-16-8-13/h5,7,11-13,16H,3-4,6,8-10H2,1-2H3. The Morgan fingerprint density at radius 3 is 3.10 bits per heavy atom. The number of morpholine rings is 1. The van der Waals surface area contributed by atoms with Crippen molar-refractivity contribution in [1.29, 1.82) is 0 Å². The second-order valence-corrected chi connectivity index (χ2v) is 6.13. The van der Waals surface area contributed by atoms with Crippen molar-refractivity contribution in [1.82, 2.24) is 20.0 Å². The lowest BCUT2D eigenvalue weighted by atomic mass is 10.1. The molecule has 1 aromatic heterocycles. The molecule has 21 heavy (non-hydrogen) atoms. The molecule has 2 saturated heterocycles. The maximum Gasteiger partial charge on any atom is 0.274 e. The Kier molecular flexibility index (Phi) is 4.26. The molecule has 1 aromatic rings. The predicted molar refractivity (Wildman–Crippen MR) is 79.3 cm³/mol. The lowest BCUT2D eigenvalue weighted by Crippen LogP contribution is -2.50. The van der Waals surface area contributed by atoms with Crippen molar-refractivity contribution in [3.63, 3.8) is 0 Å². The summed E-state index contributed by atoms with van der Waals surface area (Å²) in [4.78, 5) is 14.5. The van der Waals surface area contributed by atoms with Crippen LogP contribution in [0.25, 0.3) is 0 Å². The summed E-state index contributed by atoms with van der Waals surface area (Å²) in [6, 6.07) is 2.31. The van der Waals surface area contributed by atoms with E-state index in [9.17, 15) is 4.79 Å². The minimum atomic E-state index is 0.0140. The van der Waals surface area contributed by atoms with Crippen LogP contribution in [0.2, 0.25) is 0 Å². The third-order valence-electron chi connectivity index (χ3n) is 4.34. The van der Waals surface area contributed by atoms with Crippen LogP contribution in [0, 0.1) is 0 Å². The summed E-state index contributed by atoms with van der Waals surface area (Å²) >= 11 is 0. The highest BCUT2D eigenvalue weighted by Crippen LogP contribution is 2.18. The van der Waals surface area contributed by atoms with Gasteiger partial charge in [0.05, 0.1) is 24.8 Å². The number of nitrogens with zero attached hydrogens (tertiary/aromatic N) is 3. The van der Waals surface area contributed by atoms with Crippen LogP contribution in [0.5, 0.6) is 0 Å². The Hall–Kier alpha value is -1.40. The number of amides is 1. The van der Waals surface area contributed by atoms with E-state index in [2.05, 4.69) is 10.4 Å². The molecular weight excluding hydrogens is 268 g/mol. The highest BCUT2D eigenvalue weighted by Gasteiger charge is 2.29. The van der Waals surface area contributed by atoms with Gasteiger partial charge in [-0.05, 0) is 39.3 Å². The molecule has 3 unspecified atom stereocenters. The van der Waals surface area contributed by atoms with Crippen LogP contribution >= 0.6 is 0 Å². The third-order valence-corrected chi connectivity index (χ3v) is 4.34. The minimum absolute atomic E-state index is 0.0140. The van der Waals surface area contributed by atoms with Crippen molar-refractivity contribution in [2.45, 2.75) is 44.9 Å². The van der Waals surface area contributed by atoms with Crippen LogP contribution in [0.1, 0.15) is 43.2 Å². The topological polar surface area (TPSA) is 59.4 Å². The predicted octanol–water partition coefficient (Wildman–Crippen LogP) is 1.06. The molecule has 0 spiro atoms. The van der Waals surface area contributed by atoms with Crippen LogP contribution in [0.3, 0.4) is 0 Å². The SMILES string of the molecule is CC1CN(C(=O)c2ccn(C3CCCNC3)n2)C(C)CO1. The number of piperidine rings is 1. The molecule has 3 atom stereocenters. The van der Waals surface area contributed by atoms with Crippen LogP contribution in [-0.2, 0) is 4.74 Å². The molecule has 0 radical (unpaired) electrons. The highest BCUT2D eigenvalue weighted by atomic mass is 16.5. The van der Waals surface area contributed by atoms with Gasteiger partial charge in [0.15, 0.2) is 0 Å². The van der Waals surface area contributed by atoms with E-state index in [1.807, 2.05) is 35.7 Å². The van der Waals surface area contributed by atoms with Gasteiger partial charge >= 0.3 is 0 Å². The number of nitrogens with one attached hydrogen (secondary N) is 1. The van der Waals surface area contributed by atoms with Gasteiger partial charge in [0.2, 0.25) is 0 Å². The number of hydrogen-bond donors (Lipinski definition) is 1. The summed E-state index contributed by atoms with van der Waals surface area (Å²) in [6.07, 6.45) is 4.30. The summed E-state index contributed by atoms with van der Waals surface area (Å²) < 4.78 is 7.52. The van der Waals surface area contributed by atoms with Crippen LogP contribution in [0.4, 0.5) is 0 Å². The van der Waals surface area contributed by atoms with Gasteiger partial charge < -0.3 is 15.0 Å². The molecule has 6 heteroatoms. The normalized spacial score (nSPS) is 30.4. The number of hydrogen-bond acceptors (Lipinski definition) is 4. The smallest absolute Gasteiger partial charge is 0.274 e. The lowest BCUT2D eigenvalue weighted by molar-refractivity contribution is -0.0389. The second kappa shape index (κ2) is 6.15. The molecule has 116 valence electrons. The number of aromatic nitrogens is 2. The summed E-state index contributed by atoms with van der Waals surface area (Å²) in [7, 11) is 0. The molecule has 3 rings (SSSR count). The first kappa shape index (κ1) is 14.5. The van der Waals surface area contributed by atoms with E-state index in [1.165, 1.54) is 0 Å². The maximum absolute atomic E-state index is 12.6. The van der Waals surface area contributed by atoms with Crippen molar-refractivity contribution >= 4 is 5.91 Å². The molecular formula is C15H24N4O2. The fourth-order valence-electron chi connectivity index (χ4n) is 3.05. The van der Waals surface area contributed by atoms with Gasteiger partial charge in [-0.15, -0.1) is 0 Å². The van der Waals surface area contributed by atoms with Gasteiger partial charge in [-0.25, -0.2) is 0 Å². The Morgan fingerprint density at radius 1 is 1.48 bits per heavy atom. The van der Waals surface area contributed by atoms with Gasteiger partial charge in [0.25, 0.3) is 5.91 Å². The first-order valence-electron chi connectivity index (χ1n) is 7.83. The van der Waals surface area contributed by atoms with E-state index >= 15 is 0 Å². The number of rotatable bonds is 2. The Morgan fingerprint density at radius 2 is 2.33 bits per heavy atom. The number of ether oxygens (including phenoxy) is 1. The molecule has 1 amide bonds. The van der Waals surface area contributed by atoms with Crippen molar-refractivity contribution < 1.29 is 9.53 Å². The highest BCUT2D eigenvalue weighted by molar-refractivity contribution is 5.92. The molecule has 0 saturated carbocycles. The van der Waals surface area contributed by atoms with E-state index in [0.717, 1.165) is 25.9 Å². The first-order valence-corrected chi connectivity index (χ1v) is 7.83. The summed E-state index contributed by atoms with van der Waals surface area (Å²) in [5, 5.41) is 7.89. The molecule has 0 bridgehead atoms. The van der Waals surface area contributed by atoms with Crippen LogP contribution < -0.4 is 5.32 Å². The zero-order chi connectivity index (χ0) is 14.8. The van der Waals surface area contributed by atoms with Crippen molar-refractivity contribution in [3.8, 4) is 0 Å². The molecule has 3 heterocycles. The zero-order valence-electron chi connectivity index (χ0n) is 12.8. The molecule has 0 aromatic carbocycles. The average Bonchev–Trinajstić information content (AvgIpc) is 3.00. The Bertz CT molecular complexity index is 496. The van der Waals surface area contributed by atoms with Crippen molar-refractivity contribution in [3.05, 3.63) is 18.0 Å². The molecule has 6 nitrogen and oxygen atoms in total. The average molecular weight is 292 g/mol. The number of carbonyl (C=O) groups excluding carboxylic acids is 1. The fraction of sp³-hybridized carbons (Fsp3) is 0.733. The van der Waals surface area contributed by atoms with Crippen LogP contribution in [-0.4, -0.2) is 59.0 Å². The van der Waals surface area contributed by atoms with Crippen molar-refractivity contribution in [2.24, 2.45) is 0 Å². The van der Waals surface area contributed by atoms with Crippen LogP contribution in [0.15, 0.2) is 12.3 Å². The zero-order valence-corrected chi connectivity index (χ0v) is 12.8. The van der Waals surface area contributed by atoms with Gasteiger partial charge in [-0.1, -0.05) is 0 Å². The van der Waals surface area contributed by atoms with Gasteiger partial charge in [0, 0.05) is 19.3 Å². The quantitative estimate of drug-likeness (QED) is 0.885. The van der Waals surface area contributed by atoms with E-state index in [-0.39, 0.29) is 18.1 Å². The minimum Gasteiger partial charge on any atom is -0.375 e. The monoisotopic (exact) mass is 292 g/mol. The van der Waals surface area contributed by atoms with Gasteiger partial charge in [0.1, 0.15) is 5.69 Å². The molecule has 2 fully saturated rings. The van der Waals surface area contributed by atoms with Gasteiger partial charge in [-0.2, -0.15) is 5.10 Å². The lowest BCUT2D eigenvalue weighted by Gasteiger charge is -2.36.